The molecular formula is C23H22ClF3N2O2. The normalized spacial score (nSPS) is 14.4. The lowest BCUT2D eigenvalue weighted by atomic mass is 10.1. The van der Waals surface area contributed by atoms with Crippen LogP contribution in [-0.2, 0) is 17.4 Å². The predicted molar refractivity (Wildman–Crippen MR) is 114 cm³/mol. The van der Waals surface area contributed by atoms with Crippen molar-refractivity contribution in [3.05, 3.63) is 82.2 Å². The molecule has 1 amide bonds. The fraction of sp³-hybridized carbons (Fsp3) is 0.261. The van der Waals surface area contributed by atoms with Crippen LogP contribution >= 0.6 is 11.6 Å². The largest absolute Gasteiger partial charge is 0.457 e. The molecule has 8 heteroatoms. The van der Waals surface area contributed by atoms with Gasteiger partial charge in [0, 0.05) is 19.3 Å². The molecule has 0 saturated heterocycles. The van der Waals surface area contributed by atoms with Crippen LogP contribution in [0.15, 0.2) is 71.0 Å². The molecule has 0 bridgehead atoms. The number of halogens is 4. The van der Waals surface area contributed by atoms with E-state index in [4.69, 9.17) is 16.3 Å². The maximum Gasteiger partial charge on any atom is 0.416 e. The highest BCUT2D eigenvalue weighted by Crippen LogP contribution is 2.31. The highest BCUT2D eigenvalue weighted by Gasteiger charge is 2.30. The first kappa shape index (κ1) is 22.7. The van der Waals surface area contributed by atoms with Crippen molar-refractivity contribution in [1.82, 2.24) is 10.2 Å². The molecule has 31 heavy (non-hydrogen) atoms. The molecule has 1 aliphatic rings. The van der Waals surface area contributed by atoms with E-state index in [0.717, 1.165) is 29.8 Å². The second kappa shape index (κ2) is 9.47. The SMILES string of the molecule is CCC1=C(Cl)C(NC(=O)Cc2ccc(Oc3ccc(C(F)(F)F)cc3)cc2)=CCN1C. The standard InChI is InChI=1S/C23H22ClF3N2O2/c1-3-20-22(24)19(12-13-29(20)2)28-21(30)14-15-4-8-17(9-5-15)31-18-10-6-16(7-11-18)23(25,26)27/h4-12H,3,13-14H2,1-2H3,(H,28,30). The third-order valence-corrected chi connectivity index (χ3v) is 5.26. The Morgan fingerprint density at radius 2 is 1.68 bits per heavy atom. The van der Waals surface area contributed by atoms with Gasteiger partial charge in [-0.05, 0) is 54.5 Å². The van der Waals surface area contributed by atoms with Crippen molar-refractivity contribution in [2.24, 2.45) is 0 Å². The van der Waals surface area contributed by atoms with Gasteiger partial charge in [-0.2, -0.15) is 13.2 Å². The minimum absolute atomic E-state index is 0.152. The quantitative estimate of drug-likeness (QED) is 0.600. The van der Waals surface area contributed by atoms with Crippen LogP contribution in [0.1, 0.15) is 24.5 Å². The van der Waals surface area contributed by atoms with Crippen LogP contribution in [0.2, 0.25) is 0 Å². The number of alkyl halides is 3. The van der Waals surface area contributed by atoms with E-state index in [2.05, 4.69) is 5.32 Å². The van der Waals surface area contributed by atoms with Gasteiger partial charge in [0.25, 0.3) is 0 Å². The predicted octanol–water partition coefficient (Wildman–Crippen LogP) is 5.85. The molecule has 0 aromatic heterocycles. The van der Waals surface area contributed by atoms with Crippen molar-refractivity contribution >= 4 is 17.5 Å². The highest BCUT2D eigenvalue weighted by molar-refractivity contribution is 6.32. The molecule has 0 fully saturated rings. The summed E-state index contributed by atoms with van der Waals surface area (Å²) < 4.78 is 43.5. The van der Waals surface area contributed by atoms with Gasteiger partial charge in [-0.25, -0.2) is 0 Å². The lowest BCUT2D eigenvalue weighted by Gasteiger charge is -2.27. The number of likely N-dealkylation sites (N-methyl/N-ethyl adjacent to an activating group) is 1. The molecule has 164 valence electrons. The number of ether oxygens (including phenoxy) is 1. The second-order valence-electron chi connectivity index (χ2n) is 7.11. The van der Waals surface area contributed by atoms with Crippen LogP contribution < -0.4 is 10.1 Å². The lowest BCUT2D eigenvalue weighted by Crippen LogP contribution is -2.30. The van der Waals surface area contributed by atoms with Gasteiger partial charge in [-0.1, -0.05) is 30.7 Å². The van der Waals surface area contributed by atoms with E-state index in [9.17, 15) is 18.0 Å². The van der Waals surface area contributed by atoms with Crippen molar-refractivity contribution in [1.29, 1.82) is 0 Å². The first-order chi connectivity index (χ1) is 14.7. The van der Waals surface area contributed by atoms with E-state index in [1.54, 1.807) is 24.3 Å². The summed E-state index contributed by atoms with van der Waals surface area (Å²) in [6.07, 6.45) is -1.59. The minimum Gasteiger partial charge on any atom is -0.457 e. The number of carbonyl (C=O) groups excluding carboxylic acids is 1. The smallest absolute Gasteiger partial charge is 0.416 e. The van der Waals surface area contributed by atoms with Crippen LogP contribution in [-0.4, -0.2) is 24.4 Å². The summed E-state index contributed by atoms with van der Waals surface area (Å²) in [5.74, 6) is 0.558. The van der Waals surface area contributed by atoms with Gasteiger partial charge < -0.3 is 15.0 Å². The number of hydrogen-bond donors (Lipinski definition) is 1. The van der Waals surface area contributed by atoms with Crippen LogP contribution in [0.5, 0.6) is 11.5 Å². The Kier molecular flexibility index (Phi) is 6.95. The van der Waals surface area contributed by atoms with Crippen LogP contribution in [0.25, 0.3) is 0 Å². The molecule has 0 radical (unpaired) electrons. The molecule has 1 aliphatic heterocycles. The molecule has 1 N–H and O–H groups in total. The molecule has 0 aliphatic carbocycles. The third kappa shape index (κ3) is 5.82. The number of carbonyl (C=O) groups is 1. The Bertz CT molecular complexity index is 997. The Labute approximate surface area is 184 Å². The van der Waals surface area contributed by atoms with E-state index in [-0.39, 0.29) is 12.3 Å². The number of hydrogen-bond acceptors (Lipinski definition) is 3. The van der Waals surface area contributed by atoms with E-state index in [1.807, 2.05) is 24.9 Å². The maximum absolute atomic E-state index is 12.6. The molecule has 3 rings (SSSR count). The Balaban J connectivity index is 1.58. The molecule has 0 atom stereocenters. The fourth-order valence-corrected chi connectivity index (χ4v) is 3.59. The number of nitrogens with one attached hydrogen (secondary N) is 1. The van der Waals surface area contributed by atoms with Crippen molar-refractivity contribution in [2.75, 3.05) is 13.6 Å². The van der Waals surface area contributed by atoms with E-state index in [1.165, 1.54) is 12.1 Å². The molecule has 2 aromatic carbocycles. The Morgan fingerprint density at radius 3 is 2.23 bits per heavy atom. The van der Waals surface area contributed by atoms with Gasteiger partial charge in [0.05, 0.1) is 22.7 Å². The molecule has 2 aromatic rings. The number of amides is 1. The van der Waals surface area contributed by atoms with E-state index < -0.39 is 11.7 Å². The molecule has 4 nitrogen and oxygen atoms in total. The summed E-state index contributed by atoms with van der Waals surface area (Å²) >= 11 is 6.40. The van der Waals surface area contributed by atoms with Crippen molar-refractivity contribution < 1.29 is 22.7 Å². The lowest BCUT2D eigenvalue weighted by molar-refractivity contribution is -0.137. The van der Waals surface area contributed by atoms with E-state index >= 15 is 0 Å². The highest BCUT2D eigenvalue weighted by atomic mass is 35.5. The molecule has 1 heterocycles. The summed E-state index contributed by atoms with van der Waals surface area (Å²) in [5.41, 5.74) is 1.62. The average molecular weight is 451 g/mol. The summed E-state index contributed by atoms with van der Waals surface area (Å²) in [7, 11) is 1.95. The van der Waals surface area contributed by atoms with Gasteiger partial charge in [0.15, 0.2) is 0 Å². The second-order valence-corrected chi connectivity index (χ2v) is 7.48. The number of allylic oxidation sites excluding steroid dienone is 2. The van der Waals surface area contributed by atoms with Crippen molar-refractivity contribution in [2.45, 2.75) is 25.9 Å². The Hall–Kier alpha value is -2.93. The minimum atomic E-state index is -4.39. The summed E-state index contributed by atoms with van der Waals surface area (Å²) in [5, 5.41) is 3.40. The zero-order chi connectivity index (χ0) is 22.6. The zero-order valence-electron chi connectivity index (χ0n) is 17.1. The van der Waals surface area contributed by atoms with Crippen LogP contribution in [0.4, 0.5) is 13.2 Å². The van der Waals surface area contributed by atoms with Gasteiger partial charge in [0.1, 0.15) is 11.5 Å². The van der Waals surface area contributed by atoms with Gasteiger partial charge in [-0.3, -0.25) is 4.79 Å². The number of nitrogens with zero attached hydrogens (tertiary/aromatic N) is 1. The monoisotopic (exact) mass is 450 g/mol. The summed E-state index contributed by atoms with van der Waals surface area (Å²) in [4.78, 5) is 14.5. The molecule has 0 saturated carbocycles. The van der Waals surface area contributed by atoms with Crippen LogP contribution in [0.3, 0.4) is 0 Å². The zero-order valence-corrected chi connectivity index (χ0v) is 17.8. The number of benzene rings is 2. The van der Waals surface area contributed by atoms with Crippen molar-refractivity contribution in [3.8, 4) is 11.5 Å². The van der Waals surface area contributed by atoms with Gasteiger partial charge in [0.2, 0.25) is 5.91 Å². The maximum atomic E-state index is 12.6. The molecule has 0 spiro atoms. The third-order valence-electron chi connectivity index (χ3n) is 4.83. The fourth-order valence-electron chi connectivity index (χ4n) is 3.19. The van der Waals surface area contributed by atoms with Crippen molar-refractivity contribution in [3.63, 3.8) is 0 Å². The first-order valence-corrected chi connectivity index (χ1v) is 10.1. The summed E-state index contributed by atoms with van der Waals surface area (Å²) in [6.45, 7) is 2.68. The topological polar surface area (TPSA) is 41.6 Å². The van der Waals surface area contributed by atoms with Gasteiger partial charge in [-0.15, -0.1) is 0 Å². The van der Waals surface area contributed by atoms with E-state index in [0.29, 0.717) is 28.8 Å². The summed E-state index contributed by atoms with van der Waals surface area (Å²) in [6, 6.07) is 11.3. The van der Waals surface area contributed by atoms with Gasteiger partial charge >= 0.3 is 6.18 Å². The Morgan fingerprint density at radius 1 is 1.10 bits per heavy atom. The molecule has 0 unspecified atom stereocenters. The first-order valence-electron chi connectivity index (χ1n) is 9.71. The number of rotatable bonds is 6. The van der Waals surface area contributed by atoms with Crippen LogP contribution in [0, 0.1) is 0 Å². The average Bonchev–Trinajstić information content (AvgIpc) is 2.72. The molecular weight excluding hydrogens is 429 g/mol.